The van der Waals surface area contributed by atoms with E-state index in [4.69, 9.17) is 5.26 Å². The monoisotopic (exact) mass is 371 g/mol. The van der Waals surface area contributed by atoms with Gasteiger partial charge in [-0.05, 0) is 42.7 Å². The molecule has 1 saturated heterocycles. The highest BCUT2D eigenvalue weighted by Crippen LogP contribution is 2.45. The van der Waals surface area contributed by atoms with E-state index in [1.165, 1.54) is 5.69 Å². The van der Waals surface area contributed by atoms with E-state index in [1.54, 1.807) is 12.1 Å². The highest BCUT2D eigenvalue weighted by Gasteiger charge is 2.53. The van der Waals surface area contributed by atoms with Gasteiger partial charge >= 0.3 is 0 Å². The van der Waals surface area contributed by atoms with Gasteiger partial charge in [-0.3, -0.25) is 4.79 Å². The number of aromatic amines is 1. The van der Waals surface area contributed by atoms with Crippen molar-refractivity contribution < 1.29 is 4.79 Å². The number of amides is 1. The molecular weight excluding hydrogens is 350 g/mol. The fourth-order valence-electron chi connectivity index (χ4n) is 4.33. The first-order valence-corrected chi connectivity index (χ1v) is 9.65. The molecule has 3 heterocycles. The molecule has 1 aliphatic carbocycles. The van der Waals surface area contributed by atoms with E-state index in [2.05, 4.69) is 38.0 Å². The summed E-state index contributed by atoms with van der Waals surface area (Å²) in [5.41, 5.74) is 3.65. The molecule has 5 rings (SSSR count). The molecule has 3 aromatic rings. The molecule has 1 saturated carbocycles. The Bertz CT molecular complexity index is 1070. The second kappa shape index (κ2) is 6.38. The van der Waals surface area contributed by atoms with Crippen molar-refractivity contribution in [2.75, 3.05) is 24.5 Å². The number of fused-ring (bicyclic) bond motifs is 1. The van der Waals surface area contributed by atoms with Crippen molar-refractivity contribution in [3.63, 3.8) is 0 Å². The zero-order valence-electron chi connectivity index (χ0n) is 15.6. The molecule has 1 aromatic carbocycles. The van der Waals surface area contributed by atoms with Crippen molar-refractivity contribution in [1.29, 1.82) is 5.26 Å². The summed E-state index contributed by atoms with van der Waals surface area (Å²) in [7, 11) is 0. The fraction of sp³-hybridized carbons (Fsp3) is 0.318. The van der Waals surface area contributed by atoms with Crippen molar-refractivity contribution in [2.24, 2.45) is 0 Å². The maximum Gasteiger partial charge on any atom is 0.227 e. The van der Waals surface area contributed by atoms with Crippen LogP contribution in [0.25, 0.3) is 11.0 Å². The number of benzene rings is 1. The Labute approximate surface area is 163 Å². The van der Waals surface area contributed by atoms with E-state index in [1.807, 2.05) is 24.5 Å². The second-order valence-corrected chi connectivity index (χ2v) is 7.75. The van der Waals surface area contributed by atoms with Crippen molar-refractivity contribution in [2.45, 2.75) is 24.8 Å². The van der Waals surface area contributed by atoms with Crippen LogP contribution in [0.2, 0.25) is 0 Å². The number of carbonyl (C=O) groups is 1. The number of nitrogens with zero attached hydrogens (tertiary/aromatic N) is 4. The largest absolute Gasteiger partial charge is 0.367 e. The van der Waals surface area contributed by atoms with Crippen LogP contribution in [-0.4, -0.2) is 45.9 Å². The summed E-state index contributed by atoms with van der Waals surface area (Å²) in [5.74, 6) is 0.184. The topological polar surface area (TPSA) is 76.0 Å². The van der Waals surface area contributed by atoms with Crippen molar-refractivity contribution in [1.82, 2.24) is 14.9 Å². The van der Waals surface area contributed by atoms with Gasteiger partial charge in [-0.1, -0.05) is 12.1 Å². The van der Waals surface area contributed by atoms with E-state index in [9.17, 15) is 4.79 Å². The van der Waals surface area contributed by atoms with E-state index < -0.39 is 0 Å². The number of pyridine rings is 1. The summed E-state index contributed by atoms with van der Waals surface area (Å²) in [6.07, 6.45) is 6.28. The molecule has 6 heteroatoms. The van der Waals surface area contributed by atoms with Crippen LogP contribution < -0.4 is 4.90 Å². The Morgan fingerprint density at radius 2 is 2.00 bits per heavy atom. The molecule has 1 aliphatic heterocycles. The van der Waals surface area contributed by atoms with Crippen LogP contribution in [0, 0.1) is 11.3 Å². The quantitative estimate of drug-likeness (QED) is 0.768. The van der Waals surface area contributed by atoms with Crippen molar-refractivity contribution in [3.8, 4) is 6.07 Å². The summed E-state index contributed by atoms with van der Waals surface area (Å²) in [4.78, 5) is 25.1. The first-order chi connectivity index (χ1) is 13.7. The van der Waals surface area contributed by atoms with Crippen molar-refractivity contribution >= 4 is 22.6 Å². The van der Waals surface area contributed by atoms with Crippen LogP contribution in [0.5, 0.6) is 0 Å². The van der Waals surface area contributed by atoms with Crippen LogP contribution in [0.4, 0.5) is 5.69 Å². The summed E-state index contributed by atoms with van der Waals surface area (Å²) >= 11 is 0. The smallest absolute Gasteiger partial charge is 0.227 e. The zero-order chi connectivity index (χ0) is 19.1. The van der Waals surface area contributed by atoms with Crippen LogP contribution in [0.1, 0.15) is 24.0 Å². The lowest BCUT2D eigenvalue weighted by atomic mass is 10.0. The van der Waals surface area contributed by atoms with Crippen LogP contribution in [0.15, 0.2) is 48.8 Å². The Kier molecular flexibility index (Phi) is 3.83. The Morgan fingerprint density at radius 1 is 1.18 bits per heavy atom. The molecule has 2 aliphatic rings. The van der Waals surface area contributed by atoms with Gasteiger partial charge in [-0.15, -0.1) is 0 Å². The minimum atomic E-state index is -0.0339. The molecule has 0 radical (unpaired) electrons. The molecule has 140 valence electrons. The summed E-state index contributed by atoms with van der Waals surface area (Å²) in [5, 5.41) is 10.1. The van der Waals surface area contributed by atoms with Gasteiger partial charge in [0.05, 0.1) is 23.6 Å². The number of piperazine rings is 1. The van der Waals surface area contributed by atoms with E-state index in [-0.39, 0.29) is 11.4 Å². The summed E-state index contributed by atoms with van der Waals surface area (Å²) in [6.45, 7) is 2.44. The molecule has 2 aromatic heterocycles. The maximum absolute atomic E-state index is 13.0. The number of nitriles is 1. The predicted octanol–water partition coefficient (Wildman–Crippen LogP) is 2.86. The number of anilines is 1. The van der Waals surface area contributed by atoms with E-state index in [0.29, 0.717) is 12.0 Å². The Morgan fingerprint density at radius 3 is 2.75 bits per heavy atom. The number of H-pyrrole nitrogens is 1. The summed E-state index contributed by atoms with van der Waals surface area (Å²) < 4.78 is 0. The average Bonchev–Trinajstić information content (AvgIpc) is 3.30. The van der Waals surface area contributed by atoms with Gasteiger partial charge in [0.2, 0.25) is 5.91 Å². The maximum atomic E-state index is 13.0. The minimum absolute atomic E-state index is 0.0339. The Hall–Kier alpha value is -3.33. The predicted molar refractivity (Wildman–Crippen MR) is 107 cm³/mol. The van der Waals surface area contributed by atoms with E-state index in [0.717, 1.165) is 49.1 Å². The van der Waals surface area contributed by atoms with Gasteiger partial charge in [-0.2, -0.15) is 5.26 Å². The average molecular weight is 371 g/mol. The normalized spacial score (nSPS) is 17.7. The molecule has 0 unspecified atom stereocenters. The number of carbonyl (C=O) groups excluding carboxylic acids is 1. The van der Waals surface area contributed by atoms with Crippen LogP contribution >= 0.6 is 0 Å². The Balaban J connectivity index is 1.33. The lowest BCUT2D eigenvalue weighted by Gasteiger charge is -2.43. The molecule has 1 N–H and O–H groups in total. The van der Waals surface area contributed by atoms with Crippen LogP contribution in [0.3, 0.4) is 0 Å². The van der Waals surface area contributed by atoms with Gasteiger partial charge < -0.3 is 14.8 Å². The molecule has 0 atom stereocenters. The molecule has 6 nitrogen and oxygen atoms in total. The molecule has 1 amide bonds. The molecule has 0 bridgehead atoms. The molecular formula is C22H21N5O. The van der Waals surface area contributed by atoms with Crippen molar-refractivity contribution in [3.05, 3.63) is 59.9 Å². The number of hydrogen-bond donors (Lipinski definition) is 1. The van der Waals surface area contributed by atoms with Crippen LogP contribution in [-0.2, 0) is 11.2 Å². The molecule has 1 spiro atoms. The summed E-state index contributed by atoms with van der Waals surface area (Å²) in [6, 6.07) is 13.6. The zero-order valence-corrected chi connectivity index (χ0v) is 15.6. The number of hydrogen-bond acceptors (Lipinski definition) is 4. The number of aromatic nitrogens is 2. The lowest BCUT2D eigenvalue weighted by molar-refractivity contribution is -0.134. The lowest BCUT2D eigenvalue weighted by Crippen LogP contribution is -2.57. The van der Waals surface area contributed by atoms with Gasteiger partial charge in [0.25, 0.3) is 0 Å². The van der Waals surface area contributed by atoms with Gasteiger partial charge in [0, 0.05) is 43.1 Å². The third-order valence-corrected chi connectivity index (χ3v) is 6.00. The SMILES string of the molecule is N#Cc1ccc(CC(=O)N2CCN(c3ccnc4[nH]ccc34)CC23CC3)cc1. The number of nitrogens with one attached hydrogen (secondary N) is 1. The minimum Gasteiger partial charge on any atom is -0.367 e. The van der Waals surface area contributed by atoms with Gasteiger partial charge in [-0.25, -0.2) is 4.98 Å². The van der Waals surface area contributed by atoms with E-state index >= 15 is 0 Å². The third-order valence-electron chi connectivity index (χ3n) is 6.00. The first kappa shape index (κ1) is 16.8. The standard InChI is InChI=1S/C22H21N5O/c23-14-17-3-1-16(2-4-17)13-20(28)27-12-11-26(15-22(27)7-8-22)19-6-10-25-21-18(19)5-9-24-21/h1-6,9-10H,7-8,11-13,15H2,(H,24,25). The molecule has 28 heavy (non-hydrogen) atoms. The highest BCUT2D eigenvalue weighted by atomic mass is 16.2. The first-order valence-electron chi connectivity index (χ1n) is 9.65. The molecule has 2 fully saturated rings. The van der Waals surface area contributed by atoms with Gasteiger partial charge in [0.1, 0.15) is 5.65 Å². The third kappa shape index (κ3) is 2.80. The second-order valence-electron chi connectivity index (χ2n) is 7.75. The fourth-order valence-corrected chi connectivity index (χ4v) is 4.33. The highest BCUT2D eigenvalue weighted by molar-refractivity contribution is 5.90. The van der Waals surface area contributed by atoms with Gasteiger partial charge in [0.15, 0.2) is 0 Å². The number of rotatable bonds is 3.